The van der Waals surface area contributed by atoms with Gasteiger partial charge in [0.25, 0.3) is 5.22 Å². The quantitative estimate of drug-likeness (QED) is 0.747. The standard InChI is InChI=1S/C20H28N4O2S/c1-12(2)19(3,11-21)22-16(25)10-27-18-24-23-17(26-18)20-7-13-4-14(8-20)6-15(5-13)9-20/h12-15H,4-10H2,1-3H3,(H,22,25)/t13?,14?,15?,19-,20?/m1/s1. The minimum atomic E-state index is -0.864. The summed E-state index contributed by atoms with van der Waals surface area (Å²) >= 11 is 1.25. The molecule has 6 nitrogen and oxygen atoms in total. The number of carbonyl (C=O) groups is 1. The summed E-state index contributed by atoms with van der Waals surface area (Å²) in [6.45, 7) is 5.59. The fraction of sp³-hybridized carbons (Fsp3) is 0.800. The van der Waals surface area contributed by atoms with E-state index in [9.17, 15) is 10.1 Å². The van der Waals surface area contributed by atoms with E-state index in [-0.39, 0.29) is 23.0 Å². The summed E-state index contributed by atoms with van der Waals surface area (Å²) in [6, 6.07) is 2.19. The van der Waals surface area contributed by atoms with Crippen molar-refractivity contribution in [1.29, 1.82) is 5.26 Å². The van der Waals surface area contributed by atoms with E-state index in [2.05, 4.69) is 21.6 Å². The normalized spacial score (nSPS) is 33.7. The minimum Gasteiger partial charge on any atom is -0.415 e. The molecule has 27 heavy (non-hydrogen) atoms. The second-order valence-electron chi connectivity index (χ2n) is 9.38. The molecule has 4 bridgehead atoms. The number of thioether (sulfide) groups is 1. The van der Waals surface area contributed by atoms with Gasteiger partial charge in [-0.05, 0) is 69.1 Å². The van der Waals surface area contributed by atoms with Crippen LogP contribution in [0.3, 0.4) is 0 Å². The van der Waals surface area contributed by atoms with E-state index in [4.69, 9.17) is 4.42 Å². The third-order valence-corrected chi connectivity index (χ3v) is 7.83. The van der Waals surface area contributed by atoms with Gasteiger partial charge in [0, 0.05) is 5.41 Å². The van der Waals surface area contributed by atoms with Crippen LogP contribution in [0, 0.1) is 35.0 Å². The molecule has 146 valence electrons. The maximum atomic E-state index is 12.3. The summed E-state index contributed by atoms with van der Waals surface area (Å²) in [4.78, 5) is 12.3. The van der Waals surface area contributed by atoms with E-state index < -0.39 is 5.54 Å². The maximum absolute atomic E-state index is 12.3. The Hall–Kier alpha value is -1.55. The molecule has 1 aromatic rings. The molecule has 4 saturated carbocycles. The van der Waals surface area contributed by atoms with Crippen LogP contribution in [0.2, 0.25) is 0 Å². The Labute approximate surface area is 164 Å². The number of carbonyl (C=O) groups excluding carboxylic acids is 1. The molecule has 0 radical (unpaired) electrons. The first-order chi connectivity index (χ1) is 12.8. The van der Waals surface area contributed by atoms with Crippen LogP contribution in [-0.2, 0) is 10.2 Å². The number of hydrogen-bond acceptors (Lipinski definition) is 6. The van der Waals surface area contributed by atoms with Gasteiger partial charge in [0.2, 0.25) is 11.8 Å². The smallest absolute Gasteiger partial charge is 0.277 e. The number of nitriles is 1. The first-order valence-electron chi connectivity index (χ1n) is 10.0. The molecular formula is C20H28N4O2S. The molecule has 1 amide bonds. The summed E-state index contributed by atoms with van der Waals surface area (Å²) < 4.78 is 6.02. The molecule has 1 atom stereocenters. The molecule has 5 rings (SSSR count). The summed E-state index contributed by atoms with van der Waals surface area (Å²) in [5.74, 6) is 3.27. The van der Waals surface area contributed by atoms with Gasteiger partial charge >= 0.3 is 0 Å². The monoisotopic (exact) mass is 388 g/mol. The summed E-state index contributed by atoms with van der Waals surface area (Å²) in [5, 5.41) is 21.2. The van der Waals surface area contributed by atoms with E-state index in [1.165, 1.54) is 50.3 Å². The number of hydrogen-bond donors (Lipinski definition) is 1. The van der Waals surface area contributed by atoms with E-state index >= 15 is 0 Å². The van der Waals surface area contributed by atoms with Crippen LogP contribution in [0.1, 0.15) is 65.2 Å². The second kappa shape index (κ2) is 6.80. The van der Waals surface area contributed by atoms with Crippen LogP contribution >= 0.6 is 11.8 Å². The predicted molar refractivity (Wildman–Crippen MR) is 102 cm³/mol. The molecule has 1 heterocycles. The topological polar surface area (TPSA) is 91.8 Å². The number of nitrogens with zero attached hydrogens (tertiary/aromatic N) is 3. The molecule has 1 aromatic heterocycles. The zero-order chi connectivity index (χ0) is 19.2. The Morgan fingerprint density at radius 3 is 2.41 bits per heavy atom. The molecule has 0 aliphatic heterocycles. The Balaban J connectivity index is 1.38. The van der Waals surface area contributed by atoms with Gasteiger partial charge in [0.15, 0.2) is 0 Å². The van der Waals surface area contributed by atoms with Crippen molar-refractivity contribution in [3.05, 3.63) is 5.89 Å². The Kier molecular flexibility index (Phi) is 4.74. The zero-order valence-electron chi connectivity index (χ0n) is 16.3. The summed E-state index contributed by atoms with van der Waals surface area (Å²) in [6.07, 6.45) is 7.68. The highest BCUT2D eigenvalue weighted by Gasteiger charge is 2.54. The molecule has 7 heteroatoms. The van der Waals surface area contributed by atoms with Gasteiger partial charge in [-0.1, -0.05) is 25.6 Å². The van der Waals surface area contributed by atoms with Crippen LogP contribution in [0.4, 0.5) is 0 Å². The van der Waals surface area contributed by atoms with Crippen molar-refractivity contribution in [1.82, 2.24) is 15.5 Å². The lowest BCUT2D eigenvalue weighted by Crippen LogP contribution is -2.49. The van der Waals surface area contributed by atoms with Crippen molar-refractivity contribution in [2.24, 2.45) is 23.7 Å². The fourth-order valence-electron chi connectivity index (χ4n) is 5.61. The average molecular weight is 389 g/mol. The van der Waals surface area contributed by atoms with Crippen LogP contribution in [-0.4, -0.2) is 27.4 Å². The fourth-order valence-corrected chi connectivity index (χ4v) is 6.17. The van der Waals surface area contributed by atoms with Gasteiger partial charge in [0.1, 0.15) is 5.54 Å². The highest BCUT2D eigenvalue weighted by atomic mass is 32.2. The van der Waals surface area contributed by atoms with Crippen molar-refractivity contribution < 1.29 is 9.21 Å². The third-order valence-electron chi connectivity index (χ3n) is 7.01. The zero-order valence-corrected chi connectivity index (χ0v) is 17.1. The van der Waals surface area contributed by atoms with E-state index in [1.807, 2.05) is 13.8 Å². The Bertz CT molecular complexity index is 733. The Morgan fingerprint density at radius 1 is 1.30 bits per heavy atom. The van der Waals surface area contributed by atoms with Crippen molar-refractivity contribution in [2.45, 2.75) is 75.5 Å². The van der Waals surface area contributed by atoms with Crippen LogP contribution < -0.4 is 5.32 Å². The largest absolute Gasteiger partial charge is 0.415 e. The molecule has 0 spiro atoms. The SMILES string of the molecule is CC(C)[C@@](C)(C#N)NC(=O)CSc1nnc(C23CC4CC(CC(C4)C2)C3)o1. The van der Waals surface area contributed by atoms with Gasteiger partial charge in [-0.15, -0.1) is 10.2 Å². The van der Waals surface area contributed by atoms with Crippen LogP contribution in [0.25, 0.3) is 0 Å². The highest BCUT2D eigenvalue weighted by molar-refractivity contribution is 7.99. The van der Waals surface area contributed by atoms with Crippen LogP contribution in [0.5, 0.6) is 0 Å². The molecule has 4 aliphatic carbocycles. The first kappa shape index (κ1) is 18.8. The number of aromatic nitrogens is 2. The molecule has 4 fully saturated rings. The second-order valence-corrected chi connectivity index (χ2v) is 10.3. The summed E-state index contributed by atoms with van der Waals surface area (Å²) in [7, 11) is 0. The lowest BCUT2D eigenvalue weighted by molar-refractivity contribution is -0.120. The third kappa shape index (κ3) is 3.49. The van der Waals surface area contributed by atoms with E-state index in [0.29, 0.717) is 5.22 Å². The highest BCUT2D eigenvalue weighted by Crippen LogP contribution is 2.60. The van der Waals surface area contributed by atoms with Gasteiger partial charge in [-0.25, -0.2) is 0 Å². The molecule has 0 unspecified atom stereocenters. The molecule has 1 N–H and O–H groups in total. The van der Waals surface area contributed by atoms with Gasteiger partial charge in [-0.2, -0.15) is 5.26 Å². The average Bonchev–Trinajstić information content (AvgIpc) is 3.08. The van der Waals surface area contributed by atoms with Gasteiger partial charge in [-0.3, -0.25) is 4.79 Å². The number of amides is 1. The lowest BCUT2D eigenvalue weighted by atomic mass is 9.49. The van der Waals surface area contributed by atoms with Crippen molar-refractivity contribution in [3.63, 3.8) is 0 Å². The molecule has 0 aromatic carbocycles. The van der Waals surface area contributed by atoms with E-state index in [1.54, 1.807) is 6.92 Å². The summed E-state index contributed by atoms with van der Waals surface area (Å²) in [5.41, 5.74) is -0.781. The van der Waals surface area contributed by atoms with Crippen molar-refractivity contribution in [2.75, 3.05) is 5.75 Å². The minimum absolute atomic E-state index is 0.0301. The lowest BCUT2D eigenvalue weighted by Gasteiger charge is -2.55. The van der Waals surface area contributed by atoms with Gasteiger partial charge < -0.3 is 9.73 Å². The first-order valence-corrected chi connectivity index (χ1v) is 11.0. The van der Waals surface area contributed by atoms with Crippen LogP contribution in [0.15, 0.2) is 9.64 Å². The Morgan fingerprint density at radius 2 is 1.89 bits per heavy atom. The number of nitrogens with one attached hydrogen (secondary N) is 1. The van der Waals surface area contributed by atoms with Crippen molar-refractivity contribution in [3.8, 4) is 6.07 Å². The van der Waals surface area contributed by atoms with Crippen molar-refractivity contribution >= 4 is 17.7 Å². The van der Waals surface area contributed by atoms with Gasteiger partial charge in [0.05, 0.1) is 11.8 Å². The maximum Gasteiger partial charge on any atom is 0.277 e. The van der Waals surface area contributed by atoms with E-state index in [0.717, 1.165) is 23.6 Å². The molecular weight excluding hydrogens is 360 g/mol. The molecule has 4 aliphatic rings. The molecule has 0 saturated heterocycles. The number of rotatable bonds is 6. The predicted octanol–water partition coefficient (Wildman–Crippen LogP) is 3.68.